The van der Waals surface area contributed by atoms with Gasteiger partial charge in [-0.15, -0.1) is 0 Å². The van der Waals surface area contributed by atoms with Crippen molar-refractivity contribution in [1.29, 1.82) is 0 Å². The van der Waals surface area contributed by atoms with E-state index in [9.17, 15) is 9.59 Å². The topological polar surface area (TPSA) is 46.5 Å². The van der Waals surface area contributed by atoms with Crippen LogP contribution in [0.1, 0.15) is 52.2 Å². The lowest BCUT2D eigenvalue weighted by Crippen LogP contribution is -2.37. The first-order valence-electron chi connectivity index (χ1n) is 9.20. The van der Waals surface area contributed by atoms with Gasteiger partial charge in [0.05, 0.1) is 11.6 Å². The smallest absolute Gasteiger partial charge is 0.192 e. The van der Waals surface area contributed by atoms with Crippen molar-refractivity contribution in [1.82, 2.24) is 0 Å². The van der Waals surface area contributed by atoms with Crippen molar-refractivity contribution in [2.75, 3.05) is 0 Å². The van der Waals surface area contributed by atoms with Crippen molar-refractivity contribution in [3.05, 3.63) is 76.4 Å². The first-order chi connectivity index (χ1) is 12.6. The van der Waals surface area contributed by atoms with Gasteiger partial charge in [0.15, 0.2) is 5.78 Å². The number of rotatable bonds is 1. The van der Waals surface area contributed by atoms with Gasteiger partial charge < -0.3 is 0 Å². The van der Waals surface area contributed by atoms with Gasteiger partial charge in [0.25, 0.3) is 0 Å². The van der Waals surface area contributed by atoms with Crippen molar-refractivity contribution in [3.63, 3.8) is 0 Å². The van der Waals surface area contributed by atoms with Gasteiger partial charge in [-0.25, -0.2) is 0 Å². The Kier molecular flexibility index (Phi) is 3.33. The molecule has 0 radical (unpaired) electrons. The van der Waals surface area contributed by atoms with E-state index in [2.05, 4.69) is 24.3 Å². The highest BCUT2D eigenvalue weighted by Gasteiger charge is 2.46. The highest BCUT2D eigenvalue weighted by atomic mass is 16.1. The number of carbonyl (C=O) groups excluding carboxylic acids is 2. The Morgan fingerprint density at radius 3 is 2.38 bits per heavy atom. The minimum atomic E-state index is -0.288. The number of aryl methyl sites for hydroxylation is 1. The lowest BCUT2D eigenvalue weighted by molar-refractivity contribution is -0.121. The molecular formula is C23H19NO2. The number of carbonyl (C=O) groups is 2. The Labute approximate surface area is 152 Å². The normalized spacial score (nSPS) is 24.1. The van der Waals surface area contributed by atoms with Gasteiger partial charge in [0.1, 0.15) is 5.78 Å². The minimum absolute atomic E-state index is 0.0300. The van der Waals surface area contributed by atoms with Gasteiger partial charge in [-0.1, -0.05) is 54.1 Å². The molecule has 0 bridgehead atoms. The van der Waals surface area contributed by atoms with E-state index in [4.69, 9.17) is 4.99 Å². The van der Waals surface area contributed by atoms with Gasteiger partial charge in [-0.05, 0) is 25.3 Å². The third kappa shape index (κ3) is 2.10. The molecule has 0 aromatic heterocycles. The number of fused-ring (bicyclic) bond motifs is 3. The summed E-state index contributed by atoms with van der Waals surface area (Å²) in [5.41, 5.74) is 6.28. The summed E-state index contributed by atoms with van der Waals surface area (Å²) >= 11 is 0. The summed E-state index contributed by atoms with van der Waals surface area (Å²) in [6.45, 7) is 2.05. The SMILES string of the molecule is Cc1ccc([C@H]2C3=C(N=C4CCCC(=O)[C@@H]42)c2ccccc2C3=O)cc1. The molecule has 2 aliphatic carbocycles. The second kappa shape index (κ2) is 5.60. The van der Waals surface area contributed by atoms with Crippen LogP contribution in [-0.2, 0) is 4.79 Å². The molecular weight excluding hydrogens is 322 g/mol. The van der Waals surface area contributed by atoms with Crippen LogP contribution in [0.15, 0.2) is 59.1 Å². The van der Waals surface area contributed by atoms with Gasteiger partial charge in [0.2, 0.25) is 0 Å². The first-order valence-corrected chi connectivity index (χ1v) is 9.20. The van der Waals surface area contributed by atoms with E-state index in [0.29, 0.717) is 17.6 Å². The molecule has 1 aliphatic heterocycles. The molecule has 0 spiro atoms. The standard InChI is InChI=1S/C23H19NO2/c1-13-9-11-14(12-10-13)19-20-17(7-4-8-18(20)25)24-22-15-5-2-3-6-16(15)23(26)21(19)22/h2-3,5-6,9-12,19-20H,4,7-8H2,1H3/t19-,20-/m1/s1. The Morgan fingerprint density at radius 1 is 0.885 bits per heavy atom. The Hall–Kier alpha value is -2.81. The van der Waals surface area contributed by atoms with E-state index >= 15 is 0 Å². The Morgan fingerprint density at radius 2 is 1.62 bits per heavy atom. The quantitative estimate of drug-likeness (QED) is 0.766. The molecule has 2 aromatic carbocycles. The molecule has 1 fully saturated rings. The second-order valence-electron chi connectivity index (χ2n) is 7.43. The zero-order valence-electron chi connectivity index (χ0n) is 14.7. The van der Waals surface area contributed by atoms with Crippen LogP contribution in [0, 0.1) is 12.8 Å². The summed E-state index contributed by atoms with van der Waals surface area (Å²) in [4.78, 5) is 30.9. The number of ketones is 2. The van der Waals surface area contributed by atoms with E-state index in [0.717, 1.165) is 35.4 Å². The number of hydrogen-bond acceptors (Lipinski definition) is 3. The van der Waals surface area contributed by atoms with Gasteiger partial charge in [0, 0.05) is 34.8 Å². The Bertz CT molecular complexity index is 1010. The molecule has 2 atom stereocenters. The maximum Gasteiger partial charge on any atom is 0.192 e. The molecule has 1 heterocycles. The molecule has 2 aromatic rings. The third-order valence-corrected chi connectivity index (χ3v) is 5.82. The molecule has 0 saturated heterocycles. The monoisotopic (exact) mass is 341 g/mol. The first kappa shape index (κ1) is 15.4. The van der Waals surface area contributed by atoms with Gasteiger partial charge in [-0.2, -0.15) is 0 Å². The molecule has 26 heavy (non-hydrogen) atoms. The van der Waals surface area contributed by atoms with E-state index in [1.165, 1.54) is 5.56 Å². The minimum Gasteiger partial charge on any atom is -0.299 e. The van der Waals surface area contributed by atoms with Crippen LogP contribution in [0.2, 0.25) is 0 Å². The van der Waals surface area contributed by atoms with Crippen molar-refractivity contribution in [3.8, 4) is 0 Å². The fraction of sp³-hybridized carbons (Fsp3) is 0.261. The number of nitrogens with zero attached hydrogens (tertiary/aromatic N) is 1. The number of hydrogen-bond donors (Lipinski definition) is 0. The largest absolute Gasteiger partial charge is 0.299 e. The molecule has 3 nitrogen and oxygen atoms in total. The van der Waals surface area contributed by atoms with Crippen LogP contribution in [-0.4, -0.2) is 17.3 Å². The summed E-state index contributed by atoms with van der Waals surface area (Å²) in [6.07, 6.45) is 2.27. The van der Waals surface area contributed by atoms with E-state index in [1.54, 1.807) is 0 Å². The van der Waals surface area contributed by atoms with Crippen LogP contribution in [0.4, 0.5) is 0 Å². The predicted molar refractivity (Wildman–Crippen MR) is 101 cm³/mol. The highest BCUT2D eigenvalue weighted by Crippen LogP contribution is 2.49. The van der Waals surface area contributed by atoms with E-state index in [1.807, 2.05) is 31.2 Å². The van der Waals surface area contributed by atoms with Gasteiger partial charge in [-0.3, -0.25) is 14.6 Å². The van der Waals surface area contributed by atoms with Crippen molar-refractivity contribution in [2.24, 2.45) is 10.9 Å². The number of allylic oxidation sites excluding steroid dienone is 1. The van der Waals surface area contributed by atoms with E-state index in [-0.39, 0.29) is 23.4 Å². The van der Waals surface area contributed by atoms with Crippen molar-refractivity contribution < 1.29 is 9.59 Å². The van der Waals surface area contributed by atoms with Crippen LogP contribution in [0.5, 0.6) is 0 Å². The van der Waals surface area contributed by atoms with Crippen LogP contribution in [0.25, 0.3) is 5.70 Å². The lowest BCUT2D eigenvalue weighted by Gasteiger charge is -2.34. The number of benzene rings is 2. The summed E-state index contributed by atoms with van der Waals surface area (Å²) < 4.78 is 0. The molecule has 128 valence electrons. The lowest BCUT2D eigenvalue weighted by atomic mass is 9.69. The molecule has 5 rings (SSSR count). The number of Topliss-reactive ketones (excluding diaryl/α,β-unsaturated/α-hetero) is 2. The zero-order chi connectivity index (χ0) is 17.8. The number of aliphatic imine (C=N–C) groups is 1. The molecule has 1 saturated carbocycles. The van der Waals surface area contributed by atoms with E-state index < -0.39 is 0 Å². The molecule has 0 unspecified atom stereocenters. The molecule has 0 amide bonds. The van der Waals surface area contributed by atoms with Gasteiger partial charge >= 0.3 is 0 Å². The van der Waals surface area contributed by atoms with Crippen molar-refractivity contribution >= 4 is 23.0 Å². The van der Waals surface area contributed by atoms with Crippen LogP contribution < -0.4 is 0 Å². The molecule has 3 heteroatoms. The maximum absolute atomic E-state index is 13.2. The molecule has 0 N–H and O–H groups in total. The van der Waals surface area contributed by atoms with Crippen molar-refractivity contribution in [2.45, 2.75) is 32.1 Å². The Balaban J connectivity index is 1.75. The second-order valence-corrected chi connectivity index (χ2v) is 7.43. The van der Waals surface area contributed by atoms with Crippen LogP contribution >= 0.6 is 0 Å². The predicted octanol–water partition coefficient (Wildman–Crippen LogP) is 4.51. The van der Waals surface area contributed by atoms with Crippen LogP contribution in [0.3, 0.4) is 0 Å². The summed E-state index contributed by atoms with van der Waals surface area (Å²) in [6, 6.07) is 15.9. The average molecular weight is 341 g/mol. The fourth-order valence-corrected chi connectivity index (χ4v) is 4.58. The highest BCUT2D eigenvalue weighted by molar-refractivity contribution is 6.25. The maximum atomic E-state index is 13.2. The summed E-state index contributed by atoms with van der Waals surface area (Å²) in [7, 11) is 0. The fourth-order valence-electron chi connectivity index (χ4n) is 4.58. The summed E-state index contributed by atoms with van der Waals surface area (Å²) in [5, 5.41) is 0. The average Bonchev–Trinajstić information content (AvgIpc) is 2.94. The zero-order valence-corrected chi connectivity index (χ0v) is 14.7. The third-order valence-electron chi connectivity index (χ3n) is 5.82. The molecule has 3 aliphatic rings. The summed E-state index contributed by atoms with van der Waals surface area (Å²) in [5.74, 6) is -0.257.